The maximum absolute atomic E-state index is 12.9. The first kappa shape index (κ1) is 24.9. The van der Waals surface area contributed by atoms with Gasteiger partial charge in [0.1, 0.15) is 11.7 Å². The van der Waals surface area contributed by atoms with Gasteiger partial charge in [-0.3, -0.25) is 29.4 Å². The number of rotatable bonds is 6. The Kier molecular flexibility index (Phi) is 7.07. The molecule has 0 aliphatic carbocycles. The lowest BCUT2D eigenvalue weighted by atomic mass is 10.0. The molecule has 1 fully saturated rings. The number of carbonyl (C=O) groups is 5. The highest BCUT2D eigenvalue weighted by atomic mass is 35.5. The van der Waals surface area contributed by atoms with Crippen molar-refractivity contribution in [2.24, 2.45) is 0 Å². The molecule has 11 heteroatoms. The minimum Gasteiger partial charge on any atom is -0.351 e. The molecule has 10 nitrogen and oxygen atoms in total. The second-order valence-corrected chi connectivity index (χ2v) is 8.98. The number of anilines is 2. The van der Waals surface area contributed by atoms with E-state index in [1.54, 1.807) is 24.3 Å². The Bertz CT molecular complexity index is 1320. The Morgan fingerprint density at radius 3 is 2.50 bits per heavy atom. The van der Waals surface area contributed by atoms with Crippen LogP contribution in [-0.4, -0.2) is 40.6 Å². The molecule has 0 bridgehead atoms. The fourth-order valence-electron chi connectivity index (χ4n) is 3.91. The molecule has 2 heterocycles. The van der Waals surface area contributed by atoms with Gasteiger partial charge in [-0.2, -0.15) is 0 Å². The topological polar surface area (TPSA) is 137 Å². The van der Waals surface area contributed by atoms with Gasteiger partial charge in [-0.05, 0) is 61.2 Å². The van der Waals surface area contributed by atoms with Gasteiger partial charge < -0.3 is 16.0 Å². The van der Waals surface area contributed by atoms with Crippen molar-refractivity contribution in [3.05, 3.63) is 69.9 Å². The molecule has 1 saturated heterocycles. The fourth-order valence-corrected chi connectivity index (χ4v) is 4.09. The third-order valence-electron chi connectivity index (χ3n) is 5.97. The normalized spacial score (nSPS) is 17.6. The van der Waals surface area contributed by atoms with Gasteiger partial charge >= 0.3 is 6.03 Å². The number of imide groups is 2. The second kappa shape index (κ2) is 10.2. The van der Waals surface area contributed by atoms with Crippen molar-refractivity contribution in [2.75, 3.05) is 10.6 Å². The highest BCUT2D eigenvalue weighted by Gasteiger charge is 2.42. The first-order valence-corrected chi connectivity index (χ1v) is 11.6. The van der Waals surface area contributed by atoms with Crippen LogP contribution in [-0.2, 0) is 25.7 Å². The average Bonchev–Trinajstić information content (AvgIpc) is 3.09. The Labute approximate surface area is 212 Å². The second-order valence-electron chi connectivity index (χ2n) is 8.58. The highest BCUT2D eigenvalue weighted by Crippen LogP contribution is 2.24. The maximum atomic E-state index is 12.9. The third kappa shape index (κ3) is 5.38. The molecule has 0 aromatic heterocycles. The number of halogens is 1. The Morgan fingerprint density at radius 2 is 1.78 bits per heavy atom. The van der Waals surface area contributed by atoms with E-state index in [2.05, 4.69) is 21.3 Å². The zero-order chi connectivity index (χ0) is 26.0. The standard InChI is InChI=1S/C25H24ClN5O5/c1-13-3-5-16(9-15(13)12-27-25(36)29-17-6-4-14(2)18(26)10-17)28-19-11-22(33)31(24(19)35)20-7-8-21(32)30-23(20)34/h3-6,9-11,20,28H,7-8,12H2,1-2H3,(H2,27,29,36)(H,30,32,34). The Hall–Kier alpha value is -4.18. The molecule has 0 radical (unpaired) electrons. The van der Waals surface area contributed by atoms with Crippen molar-refractivity contribution in [3.8, 4) is 0 Å². The maximum Gasteiger partial charge on any atom is 0.319 e. The number of carbonyl (C=O) groups excluding carboxylic acids is 5. The third-order valence-corrected chi connectivity index (χ3v) is 6.38. The number of nitrogens with zero attached hydrogens (tertiary/aromatic N) is 1. The molecule has 1 atom stereocenters. The van der Waals surface area contributed by atoms with Crippen molar-refractivity contribution in [3.63, 3.8) is 0 Å². The van der Waals surface area contributed by atoms with Gasteiger partial charge in [0.05, 0.1) is 0 Å². The molecular formula is C25H24ClN5O5. The number of piperidine rings is 1. The van der Waals surface area contributed by atoms with Gasteiger partial charge in [-0.25, -0.2) is 4.79 Å². The van der Waals surface area contributed by atoms with Gasteiger partial charge in [0, 0.05) is 35.4 Å². The van der Waals surface area contributed by atoms with Crippen molar-refractivity contribution in [2.45, 2.75) is 39.3 Å². The first-order chi connectivity index (χ1) is 17.1. The quantitative estimate of drug-likeness (QED) is 0.442. The van der Waals surface area contributed by atoms with Gasteiger partial charge in [-0.15, -0.1) is 0 Å². The summed E-state index contributed by atoms with van der Waals surface area (Å²) in [5.74, 6) is -2.37. The molecule has 36 heavy (non-hydrogen) atoms. The molecule has 0 spiro atoms. The van der Waals surface area contributed by atoms with Crippen molar-refractivity contribution in [1.82, 2.24) is 15.5 Å². The minimum absolute atomic E-state index is 0.0152. The summed E-state index contributed by atoms with van der Waals surface area (Å²) >= 11 is 6.10. The SMILES string of the molecule is Cc1ccc(NC(=O)NCc2cc(NC3=CC(=O)N(C4CCC(=O)NC4=O)C3=O)ccc2C)cc1Cl. The lowest BCUT2D eigenvalue weighted by molar-refractivity contribution is -0.149. The molecular weight excluding hydrogens is 486 g/mol. The predicted octanol–water partition coefficient (Wildman–Crippen LogP) is 2.75. The van der Waals surface area contributed by atoms with Gasteiger partial charge in [-0.1, -0.05) is 23.7 Å². The van der Waals surface area contributed by atoms with Crippen LogP contribution >= 0.6 is 11.6 Å². The largest absolute Gasteiger partial charge is 0.351 e. The molecule has 2 aliphatic heterocycles. The monoisotopic (exact) mass is 509 g/mol. The van der Waals surface area contributed by atoms with E-state index in [4.69, 9.17) is 11.6 Å². The molecule has 186 valence electrons. The molecule has 2 aromatic carbocycles. The van der Waals surface area contributed by atoms with Crippen LogP contribution in [0.25, 0.3) is 0 Å². The smallest absolute Gasteiger partial charge is 0.319 e. The number of benzene rings is 2. The van der Waals surface area contributed by atoms with Gasteiger partial charge in [0.15, 0.2) is 0 Å². The van der Waals surface area contributed by atoms with E-state index in [9.17, 15) is 24.0 Å². The highest BCUT2D eigenvalue weighted by molar-refractivity contribution is 6.31. The van der Waals surface area contributed by atoms with Crippen LogP contribution in [0.3, 0.4) is 0 Å². The van der Waals surface area contributed by atoms with Crippen LogP contribution in [0.15, 0.2) is 48.2 Å². The van der Waals surface area contributed by atoms with Crippen LogP contribution in [0.1, 0.15) is 29.5 Å². The predicted molar refractivity (Wildman–Crippen MR) is 133 cm³/mol. The zero-order valence-electron chi connectivity index (χ0n) is 19.6. The molecule has 6 amide bonds. The number of nitrogens with one attached hydrogen (secondary N) is 4. The summed E-state index contributed by atoms with van der Waals surface area (Å²) in [6, 6.07) is 9.09. The molecule has 4 N–H and O–H groups in total. The first-order valence-electron chi connectivity index (χ1n) is 11.2. The zero-order valence-corrected chi connectivity index (χ0v) is 20.4. The van der Waals surface area contributed by atoms with Crippen LogP contribution < -0.4 is 21.3 Å². The van der Waals surface area contributed by atoms with E-state index in [0.717, 1.165) is 27.7 Å². The summed E-state index contributed by atoms with van der Waals surface area (Å²) in [5, 5.41) is 11.1. The van der Waals surface area contributed by atoms with Crippen LogP contribution in [0.2, 0.25) is 5.02 Å². The summed E-state index contributed by atoms with van der Waals surface area (Å²) < 4.78 is 0. The number of hydrogen-bond donors (Lipinski definition) is 4. The number of hydrogen-bond acceptors (Lipinski definition) is 6. The van der Waals surface area contributed by atoms with Gasteiger partial charge in [0.2, 0.25) is 11.8 Å². The number of aryl methyl sites for hydroxylation is 2. The molecule has 2 aromatic rings. The fraction of sp³-hybridized carbons (Fsp3) is 0.240. The average molecular weight is 510 g/mol. The summed E-state index contributed by atoms with van der Waals surface area (Å²) in [6.07, 6.45) is 1.26. The van der Waals surface area contributed by atoms with Crippen molar-refractivity contribution < 1.29 is 24.0 Å². The minimum atomic E-state index is -1.03. The summed E-state index contributed by atoms with van der Waals surface area (Å²) in [7, 11) is 0. The van der Waals surface area contributed by atoms with Crippen LogP contribution in [0.5, 0.6) is 0 Å². The van der Waals surface area contributed by atoms with E-state index in [0.29, 0.717) is 16.4 Å². The lowest BCUT2D eigenvalue weighted by Crippen LogP contribution is -2.54. The molecule has 1 unspecified atom stereocenters. The summed E-state index contributed by atoms with van der Waals surface area (Å²) in [6.45, 7) is 3.96. The van der Waals surface area contributed by atoms with Crippen molar-refractivity contribution in [1.29, 1.82) is 0 Å². The Balaban J connectivity index is 1.39. The van der Waals surface area contributed by atoms with E-state index in [1.807, 2.05) is 26.0 Å². The molecule has 2 aliphatic rings. The van der Waals surface area contributed by atoms with Crippen LogP contribution in [0, 0.1) is 13.8 Å². The van der Waals surface area contributed by atoms with E-state index >= 15 is 0 Å². The van der Waals surface area contributed by atoms with Crippen LogP contribution in [0.4, 0.5) is 16.2 Å². The van der Waals surface area contributed by atoms with Crippen molar-refractivity contribution >= 4 is 52.6 Å². The molecule has 0 saturated carbocycles. The lowest BCUT2D eigenvalue weighted by Gasteiger charge is -2.28. The Morgan fingerprint density at radius 1 is 1.06 bits per heavy atom. The number of amides is 6. The van der Waals surface area contributed by atoms with E-state index in [1.165, 1.54) is 0 Å². The molecule has 4 rings (SSSR count). The summed E-state index contributed by atoms with van der Waals surface area (Å²) in [5.41, 5.74) is 3.71. The van der Waals surface area contributed by atoms with Gasteiger partial charge in [0.25, 0.3) is 11.8 Å². The summed E-state index contributed by atoms with van der Waals surface area (Å²) in [4.78, 5) is 62.1. The van der Waals surface area contributed by atoms with E-state index in [-0.39, 0.29) is 25.1 Å². The van der Waals surface area contributed by atoms with E-state index < -0.39 is 35.7 Å². The number of urea groups is 1.